The van der Waals surface area contributed by atoms with E-state index in [9.17, 15) is 0 Å². The van der Waals surface area contributed by atoms with Crippen molar-refractivity contribution in [2.45, 2.75) is 33.1 Å². The summed E-state index contributed by atoms with van der Waals surface area (Å²) in [6.45, 7) is 6.66. The van der Waals surface area contributed by atoms with Gasteiger partial charge in [-0.25, -0.2) is 0 Å². The molecule has 4 rings (SSSR count). The molecule has 114 valence electrons. The Morgan fingerprint density at radius 3 is 2.43 bits per heavy atom. The van der Waals surface area contributed by atoms with Crippen molar-refractivity contribution in [1.29, 1.82) is 0 Å². The zero-order valence-corrected chi connectivity index (χ0v) is 13.9. The molecule has 1 unspecified atom stereocenters. The van der Waals surface area contributed by atoms with E-state index >= 15 is 0 Å². The Morgan fingerprint density at radius 2 is 1.65 bits per heavy atom. The average molecular weight is 299 g/mol. The summed E-state index contributed by atoms with van der Waals surface area (Å²) in [6, 6.07) is 17.9. The molecular formula is C22H21N. The highest BCUT2D eigenvalue weighted by Gasteiger charge is 2.25. The molecule has 0 fully saturated rings. The van der Waals surface area contributed by atoms with E-state index < -0.39 is 0 Å². The number of hydrogen-bond acceptors (Lipinski definition) is 1. The minimum absolute atomic E-state index is 0.453. The zero-order chi connectivity index (χ0) is 16.0. The van der Waals surface area contributed by atoms with Gasteiger partial charge in [0.2, 0.25) is 0 Å². The predicted octanol–water partition coefficient (Wildman–Crippen LogP) is 5.75. The summed E-state index contributed by atoms with van der Waals surface area (Å²) in [6.07, 6.45) is 2.96. The first kappa shape index (κ1) is 14.2. The second-order valence-electron chi connectivity index (χ2n) is 6.52. The van der Waals surface area contributed by atoms with Crippen LogP contribution in [0.2, 0.25) is 0 Å². The quantitative estimate of drug-likeness (QED) is 0.587. The van der Waals surface area contributed by atoms with Gasteiger partial charge in [-0.1, -0.05) is 49.7 Å². The van der Waals surface area contributed by atoms with Crippen molar-refractivity contribution in [3.63, 3.8) is 0 Å². The molecule has 0 N–H and O–H groups in total. The van der Waals surface area contributed by atoms with E-state index in [1.807, 2.05) is 6.20 Å². The molecule has 0 saturated carbocycles. The molecule has 1 atom stereocenters. The Morgan fingerprint density at radius 1 is 0.913 bits per heavy atom. The average Bonchev–Trinajstić information content (AvgIpc) is 2.87. The summed E-state index contributed by atoms with van der Waals surface area (Å²) in [5.74, 6) is 0.453. The third kappa shape index (κ3) is 2.28. The second kappa shape index (κ2) is 5.34. The summed E-state index contributed by atoms with van der Waals surface area (Å²) >= 11 is 0. The van der Waals surface area contributed by atoms with Gasteiger partial charge in [-0.2, -0.15) is 0 Å². The summed E-state index contributed by atoms with van der Waals surface area (Å²) in [7, 11) is 0. The highest BCUT2D eigenvalue weighted by Crippen LogP contribution is 2.45. The largest absolute Gasteiger partial charge is 0.256 e. The number of aromatic nitrogens is 1. The SMILES string of the molecule is CCc1ccnc(-c2ccc3c(c2)C(C)c2cc(C)ccc2-3)c1. The Balaban J connectivity index is 1.83. The summed E-state index contributed by atoms with van der Waals surface area (Å²) in [4.78, 5) is 4.57. The van der Waals surface area contributed by atoms with E-state index in [-0.39, 0.29) is 0 Å². The van der Waals surface area contributed by atoms with Crippen LogP contribution in [0.15, 0.2) is 54.7 Å². The van der Waals surface area contributed by atoms with Gasteiger partial charge in [-0.15, -0.1) is 0 Å². The van der Waals surface area contributed by atoms with Gasteiger partial charge in [0.05, 0.1) is 5.69 Å². The van der Waals surface area contributed by atoms with Gasteiger partial charge in [-0.05, 0) is 59.4 Å². The molecule has 1 nitrogen and oxygen atoms in total. The molecule has 0 bridgehead atoms. The molecule has 0 aliphatic heterocycles. The van der Waals surface area contributed by atoms with Crippen LogP contribution in [-0.4, -0.2) is 4.98 Å². The lowest BCUT2D eigenvalue weighted by atomic mass is 9.96. The molecule has 1 aliphatic rings. The van der Waals surface area contributed by atoms with Gasteiger partial charge in [0.25, 0.3) is 0 Å². The first-order valence-corrected chi connectivity index (χ1v) is 8.37. The summed E-state index contributed by atoms with van der Waals surface area (Å²) in [5, 5.41) is 0. The molecule has 23 heavy (non-hydrogen) atoms. The summed E-state index contributed by atoms with van der Waals surface area (Å²) in [5.41, 5.74) is 10.6. The van der Waals surface area contributed by atoms with E-state index in [1.165, 1.54) is 38.9 Å². The Kier molecular flexibility index (Phi) is 3.30. The van der Waals surface area contributed by atoms with Crippen molar-refractivity contribution in [3.05, 3.63) is 77.0 Å². The Bertz CT molecular complexity index is 892. The fraction of sp³-hybridized carbons (Fsp3) is 0.227. The van der Waals surface area contributed by atoms with Gasteiger partial charge in [0, 0.05) is 17.7 Å². The van der Waals surface area contributed by atoms with Crippen molar-refractivity contribution in [1.82, 2.24) is 4.98 Å². The van der Waals surface area contributed by atoms with Crippen molar-refractivity contribution < 1.29 is 0 Å². The molecule has 1 heteroatoms. The van der Waals surface area contributed by atoms with Crippen LogP contribution in [0.5, 0.6) is 0 Å². The molecule has 2 aromatic carbocycles. The number of nitrogens with zero attached hydrogens (tertiary/aromatic N) is 1. The first-order valence-electron chi connectivity index (χ1n) is 8.37. The molecule has 1 aliphatic carbocycles. The normalized spacial score (nSPS) is 15.3. The molecule has 1 heterocycles. The van der Waals surface area contributed by atoms with Crippen LogP contribution in [-0.2, 0) is 6.42 Å². The van der Waals surface area contributed by atoms with Gasteiger partial charge in [0.15, 0.2) is 0 Å². The van der Waals surface area contributed by atoms with Gasteiger partial charge >= 0.3 is 0 Å². The predicted molar refractivity (Wildman–Crippen MR) is 96.7 cm³/mol. The van der Waals surface area contributed by atoms with Gasteiger partial charge in [-0.3, -0.25) is 4.98 Å². The van der Waals surface area contributed by atoms with Crippen molar-refractivity contribution in [3.8, 4) is 22.4 Å². The molecule has 0 amide bonds. The maximum atomic E-state index is 4.57. The number of rotatable bonds is 2. The third-order valence-electron chi connectivity index (χ3n) is 5.01. The van der Waals surface area contributed by atoms with Crippen LogP contribution in [0, 0.1) is 6.92 Å². The molecule has 0 spiro atoms. The Labute approximate surface area is 138 Å². The van der Waals surface area contributed by atoms with Crippen molar-refractivity contribution >= 4 is 0 Å². The lowest BCUT2D eigenvalue weighted by Crippen LogP contribution is -1.92. The van der Waals surface area contributed by atoms with E-state index in [4.69, 9.17) is 0 Å². The lowest BCUT2D eigenvalue weighted by Gasteiger charge is -2.09. The third-order valence-corrected chi connectivity index (χ3v) is 5.01. The molecule has 3 aromatic rings. The van der Waals surface area contributed by atoms with Crippen LogP contribution in [0.3, 0.4) is 0 Å². The van der Waals surface area contributed by atoms with E-state index in [0.717, 1.165) is 12.1 Å². The summed E-state index contributed by atoms with van der Waals surface area (Å²) < 4.78 is 0. The fourth-order valence-corrected chi connectivity index (χ4v) is 3.63. The maximum absolute atomic E-state index is 4.57. The van der Waals surface area contributed by atoms with Crippen molar-refractivity contribution in [2.24, 2.45) is 0 Å². The number of benzene rings is 2. The number of fused-ring (bicyclic) bond motifs is 3. The highest BCUT2D eigenvalue weighted by atomic mass is 14.7. The van der Waals surface area contributed by atoms with E-state index in [0.29, 0.717) is 5.92 Å². The number of hydrogen-bond donors (Lipinski definition) is 0. The lowest BCUT2D eigenvalue weighted by molar-refractivity contribution is 0.954. The zero-order valence-electron chi connectivity index (χ0n) is 13.9. The van der Waals surface area contributed by atoms with Crippen LogP contribution in [0.25, 0.3) is 22.4 Å². The molecule has 0 radical (unpaired) electrons. The van der Waals surface area contributed by atoms with Crippen LogP contribution >= 0.6 is 0 Å². The maximum Gasteiger partial charge on any atom is 0.0704 e. The van der Waals surface area contributed by atoms with Crippen LogP contribution < -0.4 is 0 Å². The highest BCUT2D eigenvalue weighted by molar-refractivity contribution is 5.81. The molecule has 0 saturated heterocycles. The standard InChI is InChI=1S/C22H21N/c1-4-16-9-10-23-22(12-16)17-6-8-19-18-7-5-14(2)11-20(18)15(3)21(19)13-17/h5-13,15H,4H2,1-3H3. The van der Waals surface area contributed by atoms with Gasteiger partial charge in [0.1, 0.15) is 0 Å². The van der Waals surface area contributed by atoms with E-state index in [1.54, 1.807) is 0 Å². The minimum Gasteiger partial charge on any atom is -0.256 e. The van der Waals surface area contributed by atoms with Crippen LogP contribution in [0.1, 0.15) is 42.0 Å². The smallest absolute Gasteiger partial charge is 0.0704 e. The number of pyridine rings is 1. The Hall–Kier alpha value is -2.41. The monoisotopic (exact) mass is 299 g/mol. The fourth-order valence-electron chi connectivity index (χ4n) is 3.63. The van der Waals surface area contributed by atoms with Crippen molar-refractivity contribution in [2.75, 3.05) is 0 Å². The van der Waals surface area contributed by atoms with Gasteiger partial charge < -0.3 is 0 Å². The van der Waals surface area contributed by atoms with Crippen LogP contribution in [0.4, 0.5) is 0 Å². The molecule has 1 aromatic heterocycles. The topological polar surface area (TPSA) is 12.9 Å². The molecular weight excluding hydrogens is 278 g/mol. The number of aryl methyl sites for hydroxylation is 2. The second-order valence-corrected chi connectivity index (χ2v) is 6.52. The van der Waals surface area contributed by atoms with E-state index in [2.05, 4.69) is 74.3 Å². The minimum atomic E-state index is 0.453. The first-order chi connectivity index (χ1) is 11.2.